The first kappa shape index (κ1) is 14.0. The van der Waals surface area contributed by atoms with Crippen LogP contribution in [0, 0.1) is 0 Å². The number of pyridine rings is 1. The maximum Gasteiger partial charge on any atom is 0.0749 e. The molecule has 0 aliphatic carbocycles. The number of hydrogen-bond acceptors (Lipinski definition) is 3. The second kappa shape index (κ2) is 5.68. The van der Waals surface area contributed by atoms with E-state index in [0.717, 1.165) is 29.3 Å². The molecule has 0 saturated carbocycles. The van der Waals surface area contributed by atoms with Crippen molar-refractivity contribution in [2.75, 3.05) is 7.11 Å². The number of aromatic nitrogens is 1. The lowest BCUT2D eigenvalue weighted by Crippen LogP contribution is -2.24. The Morgan fingerprint density at radius 1 is 1.26 bits per heavy atom. The van der Waals surface area contributed by atoms with Crippen molar-refractivity contribution in [1.29, 1.82) is 0 Å². The molecule has 1 atom stereocenters. The Bertz CT molecular complexity index is 546. The lowest BCUT2D eigenvalue weighted by molar-refractivity contribution is 0.0125. The molecule has 0 fully saturated rings. The molecular formula is C16H22N2O. The standard InChI is InChI=1S/C16H22N2O/c1-16(2,19-3)10-9-14(17)13-8-4-6-12-7-5-11-18-15(12)13/h4-8,11,14H,9-10,17H2,1-3H3. The fraction of sp³-hybridized carbons (Fsp3) is 0.438. The van der Waals surface area contributed by atoms with Crippen LogP contribution in [0.4, 0.5) is 0 Å². The third-order valence-electron chi connectivity index (χ3n) is 3.67. The smallest absolute Gasteiger partial charge is 0.0749 e. The normalized spacial score (nSPS) is 13.7. The summed E-state index contributed by atoms with van der Waals surface area (Å²) in [5.41, 5.74) is 8.32. The summed E-state index contributed by atoms with van der Waals surface area (Å²) in [4.78, 5) is 4.46. The van der Waals surface area contributed by atoms with E-state index in [4.69, 9.17) is 10.5 Å². The molecule has 1 heterocycles. The van der Waals surface area contributed by atoms with Crippen LogP contribution >= 0.6 is 0 Å². The molecule has 3 heteroatoms. The predicted molar refractivity (Wildman–Crippen MR) is 79.0 cm³/mol. The summed E-state index contributed by atoms with van der Waals surface area (Å²) in [6, 6.07) is 10.2. The maximum absolute atomic E-state index is 6.33. The van der Waals surface area contributed by atoms with Crippen molar-refractivity contribution < 1.29 is 4.74 Å². The SMILES string of the molecule is COC(C)(C)CCC(N)c1cccc2cccnc12. The van der Waals surface area contributed by atoms with Crippen molar-refractivity contribution in [1.82, 2.24) is 4.98 Å². The topological polar surface area (TPSA) is 48.1 Å². The summed E-state index contributed by atoms with van der Waals surface area (Å²) < 4.78 is 5.44. The second-order valence-electron chi connectivity index (χ2n) is 5.53. The molecule has 2 aromatic rings. The Morgan fingerprint density at radius 3 is 2.74 bits per heavy atom. The molecular weight excluding hydrogens is 236 g/mol. The summed E-state index contributed by atoms with van der Waals surface area (Å²) in [5, 5.41) is 1.14. The van der Waals surface area contributed by atoms with Crippen molar-refractivity contribution in [2.45, 2.75) is 38.3 Å². The van der Waals surface area contributed by atoms with Crippen LogP contribution in [0.25, 0.3) is 10.9 Å². The third-order valence-corrected chi connectivity index (χ3v) is 3.67. The van der Waals surface area contributed by atoms with E-state index in [1.54, 1.807) is 7.11 Å². The molecule has 19 heavy (non-hydrogen) atoms. The fourth-order valence-corrected chi connectivity index (χ4v) is 2.19. The van der Waals surface area contributed by atoms with Crippen molar-refractivity contribution >= 4 is 10.9 Å². The van der Waals surface area contributed by atoms with Gasteiger partial charge in [0.15, 0.2) is 0 Å². The van der Waals surface area contributed by atoms with E-state index in [1.807, 2.05) is 18.3 Å². The first-order valence-corrected chi connectivity index (χ1v) is 6.68. The second-order valence-corrected chi connectivity index (χ2v) is 5.53. The van der Waals surface area contributed by atoms with E-state index in [1.165, 1.54) is 0 Å². The Kier molecular flexibility index (Phi) is 4.17. The van der Waals surface area contributed by atoms with Gasteiger partial charge in [0.25, 0.3) is 0 Å². The Hall–Kier alpha value is -1.45. The highest BCUT2D eigenvalue weighted by Gasteiger charge is 2.19. The minimum atomic E-state index is -0.129. The summed E-state index contributed by atoms with van der Waals surface area (Å²) in [5.74, 6) is 0. The number of rotatable bonds is 5. The number of para-hydroxylation sites is 1. The van der Waals surface area contributed by atoms with Crippen LogP contribution in [0.2, 0.25) is 0 Å². The molecule has 0 radical (unpaired) electrons. The van der Waals surface area contributed by atoms with Gasteiger partial charge in [0.05, 0.1) is 11.1 Å². The molecule has 0 amide bonds. The molecule has 0 spiro atoms. The largest absolute Gasteiger partial charge is 0.379 e. The lowest BCUT2D eigenvalue weighted by Gasteiger charge is -2.24. The fourth-order valence-electron chi connectivity index (χ4n) is 2.19. The Morgan fingerprint density at radius 2 is 2.00 bits per heavy atom. The van der Waals surface area contributed by atoms with Gasteiger partial charge < -0.3 is 10.5 Å². The zero-order chi connectivity index (χ0) is 13.9. The van der Waals surface area contributed by atoms with Gasteiger partial charge in [-0.15, -0.1) is 0 Å². The van der Waals surface area contributed by atoms with E-state index in [2.05, 4.69) is 37.0 Å². The van der Waals surface area contributed by atoms with Gasteiger partial charge in [0.2, 0.25) is 0 Å². The molecule has 2 rings (SSSR count). The Labute approximate surface area is 114 Å². The molecule has 0 aliphatic heterocycles. The van der Waals surface area contributed by atoms with Crippen molar-refractivity contribution in [3.05, 3.63) is 42.1 Å². The van der Waals surface area contributed by atoms with Crippen molar-refractivity contribution in [3.8, 4) is 0 Å². The van der Waals surface area contributed by atoms with Gasteiger partial charge in [-0.3, -0.25) is 4.98 Å². The summed E-state index contributed by atoms with van der Waals surface area (Å²) in [6.07, 6.45) is 3.63. The molecule has 1 unspecified atom stereocenters. The molecule has 2 N–H and O–H groups in total. The number of methoxy groups -OCH3 is 1. The zero-order valence-electron chi connectivity index (χ0n) is 11.9. The summed E-state index contributed by atoms with van der Waals surface area (Å²) in [7, 11) is 1.74. The van der Waals surface area contributed by atoms with E-state index in [9.17, 15) is 0 Å². The molecule has 1 aromatic heterocycles. The highest BCUT2D eigenvalue weighted by atomic mass is 16.5. The minimum Gasteiger partial charge on any atom is -0.379 e. The minimum absolute atomic E-state index is 0.00646. The number of nitrogens with two attached hydrogens (primary N) is 1. The molecule has 0 aliphatic rings. The van der Waals surface area contributed by atoms with Crippen LogP contribution in [0.5, 0.6) is 0 Å². The quantitative estimate of drug-likeness (QED) is 0.893. The van der Waals surface area contributed by atoms with E-state index >= 15 is 0 Å². The van der Waals surface area contributed by atoms with Gasteiger partial charge in [0, 0.05) is 24.7 Å². The van der Waals surface area contributed by atoms with Crippen molar-refractivity contribution in [3.63, 3.8) is 0 Å². The molecule has 0 bridgehead atoms. The average molecular weight is 258 g/mol. The van der Waals surface area contributed by atoms with E-state index < -0.39 is 0 Å². The van der Waals surface area contributed by atoms with Crippen LogP contribution in [-0.2, 0) is 4.74 Å². The van der Waals surface area contributed by atoms with Gasteiger partial charge in [-0.2, -0.15) is 0 Å². The predicted octanol–water partition coefficient (Wildman–Crippen LogP) is 3.44. The van der Waals surface area contributed by atoms with Crippen molar-refractivity contribution in [2.24, 2.45) is 5.73 Å². The van der Waals surface area contributed by atoms with Gasteiger partial charge in [-0.1, -0.05) is 24.3 Å². The average Bonchev–Trinajstić information content (AvgIpc) is 2.44. The number of nitrogens with zero attached hydrogens (tertiary/aromatic N) is 1. The highest BCUT2D eigenvalue weighted by molar-refractivity contribution is 5.81. The first-order chi connectivity index (χ1) is 9.03. The van der Waals surface area contributed by atoms with E-state index in [-0.39, 0.29) is 11.6 Å². The van der Waals surface area contributed by atoms with Crippen LogP contribution < -0.4 is 5.73 Å². The first-order valence-electron chi connectivity index (χ1n) is 6.68. The summed E-state index contributed by atoms with van der Waals surface area (Å²) in [6.45, 7) is 4.17. The third kappa shape index (κ3) is 3.31. The van der Waals surface area contributed by atoms with Crippen LogP contribution in [0.15, 0.2) is 36.5 Å². The van der Waals surface area contributed by atoms with Gasteiger partial charge >= 0.3 is 0 Å². The maximum atomic E-state index is 6.33. The molecule has 3 nitrogen and oxygen atoms in total. The van der Waals surface area contributed by atoms with Crippen LogP contribution in [-0.4, -0.2) is 17.7 Å². The number of hydrogen-bond donors (Lipinski definition) is 1. The van der Waals surface area contributed by atoms with Crippen LogP contribution in [0.3, 0.4) is 0 Å². The molecule has 1 aromatic carbocycles. The number of benzene rings is 1. The monoisotopic (exact) mass is 258 g/mol. The summed E-state index contributed by atoms with van der Waals surface area (Å²) >= 11 is 0. The van der Waals surface area contributed by atoms with Gasteiger partial charge in [0.1, 0.15) is 0 Å². The number of fused-ring (bicyclic) bond motifs is 1. The van der Waals surface area contributed by atoms with Crippen LogP contribution in [0.1, 0.15) is 38.3 Å². The highest BCUT2D eigenvalue weighted by Crippen LogP contribution is 2.26. The lowest BCUT2D eigenvalue weighted by atomic mass is 9.94. The zero-order valence-corrected chi connectivity index (χ0v) is 11.9. The molecule has 0 saturated heterocycles. The van der Waals surface area contributed by atoms with E-state index in [0.29, 0.717) is 0 Å². The van der Waals surface area contributed by atoms with Gasteiger partial charge in [-0.25, -0.2) is 0 Å². The van der Waals surface area contributed by atoms with Gasteiger partial charge in [-0.05, 0) is 38.3 Å². The number of ether oxygens (including phenoxy) is 1. The Balaban J connectivity index is 2.20. The molecule has 102 valence electrons.